The lowest BCUT2D eigenvalue weighted by atomic mass is 9.90. The van der Waals surface area contributed by atoms with Gasteiger partial charge in [-0.2, -0.15) is 0 Å². The Bertz CT molecular complexity index is 552. The molecular formula is C16H22N2O2S. The van der Waals surface area contributed by atoms with E-state index < -0.39 is 0 Å². The lowest BCUT2D eigenvalue weighted by Crippen LogP contribution is -2.20. The van der Waals surface area contributed by atoms with E-state index in [1.165, 1.54) is 12.0 Å². The maximum absolute atomic E-state index is 5.40. The number of aliphatic imine (C=N–C) groups is 1. The molecule has 114 valence electrons. The monoisotopic (exact) mass is 306 g/mol. The fourth-order valence-electron chi connectivity index (χ4n) is 2.53. The second-order valence-electron chi connectivity index (χ2n) is 6.69. The third-order valence-corrected chi connectivity index (χ3v) is 4.58. The van der Waals surface area contributed by atoms with Gasteiger partial charge in [0.25, 0.3) is 0 Å². The Labute approximate surface area is 130 Å². The standard InChI is InChI=1S/C16H22N2O2S/c1-16(2,3)7-12-9-18-15(21-12)17-8-11-4-5-13-14(6-11)20-10-19-13/h4-6,12H,7-10H2,1-3H3,(H,17,18). The Morgan fingerprint density at radius 3 is 2.90 bits per heavy atom. The molecule has 2 aliphatic rings. The van der Waals surface area contributed by atoms with Gasteiger partial charge in [-0.3, -0.25) is 4.99 Å². The topological polar surface area (TPSA) is 42.9 Å². The lowest BCUT2D eigenvalue weighted by molar-refractivity contribution is 0.174. The van der Waals surface area contributed by atoms with Gasteiger partial charge in [0.15, 0.2) is 16.7 Å². The zero-order valence-electron chi connectivity index (χ0n) is 12.8. The Morgan fingerprint density at radius 1 is 1.29 bits per heavy atom. The van der Waals surface area contributed by atoms with Crippen LogP contribution < -0.4 is 14.8 Å². The second-order valence-corrected chi connectivity index (χ2v) is 7.98. The number of benzene rings is 1. The fraction of sp³-hybridized carbons (Fsp3) is 0.562. The highest BCUT2D eigenvalue weighted by Crippen LogP contribution is 2.33. The third kappa shape index (κ3) is 3.84. The highest BCUT2D eigenvalue weighted by molar-refractivity contribution is 8.14. The second kappa shape index (κ2) is 5.79. The van der Waals surface area contributed by atoms with Crippen LogP contribution in [-0.4, -0.2) is 23.8 Å². The van der Waals surface area contributed by atoms with Crippen molar-refractivity contribution in [2.75, 3.05) is 13.3 Å². The summed E-state index contributed by atoms with van der Waals surface area (Å²) in [5, 5.41) is 5.08. The van der Waals surface area contributed by atoms with Crippen molar-refractivity contribution in [2.24, 2.45) is 10.4 Å². The Morgan fingerprint density at radius 2 is 2.10 bits per heavy atom. The first-order valence-electron chi connectivity index (χ1n) is 7.33. The van der Waals surface area contributed by atoms with E-state index in [1.807, 2.05) is 23.9 Å². The number of fused-ring (bicyclic) bond motifs is 1. The van der Waals surface area contributed by atoms with Crippen molar-refractivity contribution in [2.45, 2.75) is 39.0 Å². The molecule has 5 heteroatoms. The van der Waals surface area contributed by atoms with Crippen LogP contribution in [0.15, 0.2) is 23.2 Å². The number of nitrogens with one attached hydrogen (secondary N) is 1. The molecule has 1 unspecified atom stereocenters. The predicted octanol–water partition coefficient (Wildman–Crippen LogP) is 3.41. The predicted molar refractivity (Wildman–Crippen MR) is 87.2 cm³/mol. The molecule has 3 rings (SSSR count). The van der Waals surface area contributed by atoms with Gasteiger partial charge in [-0.15, -0.1) is 0 Å². The number of ether oxygens (including phenoxy) is 2. The molecule has 0 saturated carbocycles. The van der Waals surface area contributed by atoms with Gasteiger partial charge in [0.1, 0.15) is 0 Å². The number of thioether (sulfide) groups is 1. The Hall–Kier alpha value is -1.36. The maximum Gasteiger partial charge on any atom is 0.231 e. The van der Waals surface area contributed by atoms with E-state index in [4.69, 9.17) is 9.47 Å². The van der Waals surface area contributed by atoms with Crippen molar-refractivity contribution < 1.29 is 9.47 Å². The molecule has 1 aromatic rings. The summed E-state index contributed by atoms with van der Waals surface area (Å²) in [6, 6.07) is 6.06. The molecule has 1 atom stereocenters. The number of amidine groups is 1. The molecule has 0 aromatic heterocycles. The van der Waals surface area contributed by atoms with Gasteiger partial charge in [0.05, 0.1) is 6.54 Å². The normalized spacial score (nSPS) is 20.5. The Balaban J connectivity index is 1.50. The van der Waals surface area contributed by atoms with E-state index in [9.17, 15) is 0 Å². The lowest BCUT2D eigenvalue weighted by Gasteiger charge is -2.21. The summed E-state index contributed by atoms with van der Waals surface area (Å²) in [5.74, 6) is 1.66. The van der Waals surface area contributed by atoms with Crippen LogP contribution in [0, 0.1) is 5.41 Å². The van der Waals surface area contributed by atoms with Crippen molar-refractivity contribution in [3.63, 3.8) is 0 Å². The summed E-state index contributed by atoms with van der Waals surface area (Å²) in [6.45, 7) is 8.86. The number of hydrogen-bond acceptors (Lipinski definition) is 5. The highest BCUT2D eigenvalue weighted by atomic mass is 32.2. The zero-order chi connectivity index (χ0) is 14.9. The average Bonchev–Trinajstić information content (AvgIpc) is 3.02. The smallest absolute Gasteiger partial charge is 0.231 e. The molecule has 0 spiro atoms. The van der Waals surface area contributed by atoms with Crippen molar-refractivity contribution in [3.05, 3.63) is 23.8 Å². The van der Waals surface area contributed by atoms with Gasteiger partial charge < -0.3 is 14.8 Å². The number of nitrogens with zero attached hydrogens (tertiary/aromatic N) is 1. The van der Waals surface area contributed by atoms with E-state index in [1.54, 1.807) is 0 Å². The van der Waals surface area contributed by atoms with Gasteiger partial charge in [-0.25, -0.2) is 0 Å². The summed E-state index contributed by atoms with van der Waals surface area (Å²) in [4.78, 5) is 4.60. The van der Waals surface area contributed by atoms with Crippen LogP contribution in [0.5, 0.6) is 11.5 Å². The van der Waals surface area contributed by atoms with E-state index >= 15 is 0 Å². The minimum absolute atomic E-state index is 0.323. The van der Waals surface area contributed by atoms with E-state index in [2.05, 4.69) is 37.1 Å². The third-order valence-electron chi connectivity index (χ3n) is 3.44. The van der Waals surface area contributed by atoms with Gasteiger partial charge in [0, 0.05) is 11.8 Å². The quantitative estimate of drug-likeness (QED) is 0.929. The van der Waals surface area contributed by atoms with Crippen LogP contribution in [-0.2, 0) is 6.54 Å². The first kappa shape index (κ1) is 14.6. The largest absolute Gasteiger partial charge is 0.454 e. The molecule has 0 fully saturated rings. The molecule has 21 heavy (non-hydrogen) atoms. The van der Waals surface area contributed by atoms with E-state index in [0.29, 0.717) is 17.5 Å². The zero-order valence-corrected chi connectivity index (χ0v) is 13.6. The van der Waals surface area contributed by atoms with Crippen LogP contribution in [0.1, 0.15) is 32.8 Å². The summed E-state index contributed by atoms with van der Waals surface area (Å²) in [7, 11) is 0. The summed E-state index contributed by atoms with van der Waals surface area (Å²) < 4.78 is 10.7. The van der Waals surface area contributed by atoms with Crippen LogP contribution in [0.4, 0.5) is 0 Å². The van der Waals surface area contributed by atoms with Gasteiger partial charge >= 0.3 is 0 Å². The molecular weight excluding hydrogens is 284 g/mol. The molecule has 2 heterocycles. The molecule has 0 saturated heterocycles. The summed E-state index contributed by atoms with van der Waals surface area (Å²) in [6.07, 6.45) is 1.19. The molecule has 0 amide bonds. The minimum Gasteiger partial charge on any atom is -0.454 e. The van der Waals surface area contributed by atoms with Crippen molar-refractivity contribution in [1.82, 2.24) is 5.32 Å². The highest BCUT2D eigenvalue weighted by Gasteiger charge is 2.24. The molecule has 0 radical (unpaired) electrons. The minimum atomic E-state index is 0.323. The summed E-state index contributed by atoms with van der Waals surface area (Å²) in [5.41, 5.74) is 1.54. The molecule has 0 bridgehead atoms. The molecule has 2 aliphatic heterocycles. The van der Waals surface area contributed by atoms with Crippen LogP contribution >= 0.6 is 11.8 Å². The number of hydrogen-bond donors (Lipinski definition) is 1. The van der Waals surface area contributed by atoms with Crippen molar-refractivity contribution in [1.29, 1.82) is 0 Å². The van der Waals surface area contributed by atoms with Gasteiger partial charge in [-0.1, -0.05) is 38.6 Å². The molecule has 4 nitrogen and oxygen atoms in total. The Kier molecular flexibility index (Phi) is 4.02. The SMILES string of the molecule is CC(C)(C)CC1CN=C(NCc2ccc3c(c2)OCO3)S1. The van der Waals surface area contributed by atoms with Gasteiger partial charge in [-0.05, 0) is 29.5 Å². The van der Waals surface area contributed by atoms with Crippen LogP contribution in [0.25, 0.3) is 0 Å². The van der Waals surface area contributed by atoms with E-state index in [0.717, 1.165) is 29.8 Å². The molecule has 0 aliphatic carbocycles. The van der Waals surface area contributed by atoms with Crippen molar-refractivity contribution >= 4 is 16.9 Å². The molecule has 1 N–H and O–H groups in total. The van der Waals surface area contributed by atoms with Crippen LogP contribution in [0.2, 0.25) is 0 Å². The first-order valence-corrected chi connectivity index (χ1v) is 8.21. The molecule has 1 aromatic carbocycles. The van der Waals surface area contributed by atoms with Crippen LogP contribution in [0.3, 0.4) is 0 Å². The first-order chi connectivity index (χ1) is 9.99. The maximum atomic E-state index is 5.40. The van der Waals surface area contributed by atoms with Crippen molar-refractivity contribution in [3.8, 4) is 11.5 Å². The fourth-order valence-corrected chi connectivity index (χ4v) is 3.89. The summed E-state index contributed by atoms with van der Waals surface area (Å²) >= 11 is 1.87. The van der Waals surface area contributed by atoms with E-state index in [-0.39, 0.29) is 0 Å². The number of rotatable bonds is 3. The van der Waals surface area contributed by atoms with Gasteiger partial charge in [0.2, 0.25) is 6.79 Å². The average molecular weight is 306 g/mol.